The van der Waals surface area contributed by atoms with E-state index >= 15 is 0 Å². The number of allylic oxidation sites excluding steroid dienone is 1. The van der Waals surface area contributed by atoms with Gasteiger partial charge in [-0.1, -0.05) is 49.4 Å². The Balaban J connectivity index is 1.95. The van der Waals surface area contributed by atoms with Gasteiger partial charge in [0.15, 0.2) is 11.5 Å². The summed E-state index contributed by atoms with van der Waals surface area (Å²) < 4.78 is 16.9. The predicted molar refractivity (Wildman–Crippen MR) is 112 cm³/mol. The molecule has 7 nitrogen and oxygen atoms in total. The number of benzene rings is 2. The lowest BCUT2D eigenvalue weighted by atomic mass is 9.94. The molecule has 2 aromatic carbocycles. The van der Waals surface area contributed by atoms with Gasteiger partial charge in [-0.3, -0.25) is 0 Å². The molecule has 0 saturated carbocycles. The third kappa shape index (κ3) is 4.74. The van der Waals surface area contributed by atoms with Crippen molar-refractivity contribution in [1.29, 1.82) is 0 Å². The van der Waals surface area contributed by atoms with E-state index in [-0.39, 0.29) is 6.61 Å². The lowest BCUT2D eigenvalue weighted by Gasteiger charge is -2.29. The van der Waals surface area contributed by atoms with Crippen LogP contribution in [0, 0.1) is 0 Å². The summed E-state index contributed by atoms with van der Waals surface area (Å²) in [5, 5.41) is 5.47. The Labute approximate surface area is 176 Å². The molecule has 2 N–H and O–H groups in total. The van der Waals surface area contributed by atoms with Gasteiger partial charge in [0, 0.05) is 11.3 Å². The first-order valence-electron chi connectivity index (χ1n) is 9.84. The van der Waals surface area contributed by atoms with Crippen LogP contribution < -0.4 is 20.1 Å². The number of esters is 1. The minimum Gasteiger partial charge on any atom is -0.493 e. The van der Waals surface area contributed by atoms with Crippen LogP contribution in [-0.4, -0.2) is 25.7 Å². The molecule has 0 spiro atoms. The third-order valence-corrected chi connectivity index (χ3v) is 4.69. The fraction of sp³-hybridized carbons (Fsp3) is 0.304. The molecule has 7 heteroatoms. The van der Waals surface area contributed by atoms with Gasteiger partial charge in [0.1, 0.15) is 6.61 Å². The molecular formula is C23H26N2O5. The maximum atomic E-state index is 13.0. The minimum absolute atomic E-state index is 0.133. The maximum absolute atomic E-state index is 13.0. The first-order valence-corrected chi connectivity index (χ1v) is 9.84. The Bertz CT molecular complexity index is 940. The van der Waals surface area contributed by atoms with Gasteiger partial charge >= 0.3 is 12.0 Å². The van der Waals surface area contributed by atoms with Crippen LogP contribution in [0.1, 0.15) is 37.4 Å². The summed E-state index contributed by atoms with van der Waals surface area (Å²) in [6, 6.07) is 13.7. The first-order chi connectivity index (χ1) is 14.5. The summed E-state index contributed by atoms with van der Waals surface area (Å²) in [6.07, 6.45) is 0.802. The van der Waals surface area contributed by atoms with Crippen LogP contribution >= 0.6 is 0 Å². The fourth-order valence-electron chi connectivity index (χ4n) is 3.28. The largest absolute Gasteiger partial charge is 0.493 e. The second-order valence-corrected chi connectivity index (χ2v) is 6.86. The maximum Gasteiger partial charge on any atom is 0.338 e. The van der Waals surface area contributed by atoms with E-state index in [0.29, 0.717) is 34.9 Å². The van der Waals surface area contributed by atoms with Crippen LogP contribution in [0.15, 0.2) is 59.8 Å². The molecule has 2 amide bonds. The Hall–Kier alpha value is -3.48. The van der Waals surface area contributed by atoms with Crippen molar-refractivity contribution in [2.45, 2.75) is 32.9 Å². The number of ether oxygens (including phenoxy) is 3. The molecule has 1 unspecified atom stereocenters. The lowest BCUT2D eigenvalue weighted by molar-refractivity contribution is -0.140. The number of carbonyl (C=O) groups is 2. The minimum atomic E-state index is -0.732. The van der Waals surface area contributed by atoms with Gasteiger partial charge in [0.2, 0.25) is 0 Å². The van der Waals surface area contributed by atoms with Crippen molar-refractivity contribution in [3.63, 3.8) is 0 Å². The van der Waals surface area contributed by atoms with E-state index in [0.717, 1.165) is 12.0 Å². The Kier molecular flexibility index (Phi) is 6.95. The zero-order chi connectivity index (χ0) is 21.5. The topological polar surface area (TPSA) is 85.9 Å². The van der Waals surface area contributed by atoms with Crippen molar-refractivity contribution in [2.75, 3.05) is 13.7 Å². The summed E-state index contributed by atoms with van der Waals surface area (Å²) in [4.78, 5) is 25.2. The van der Waals surface area contributed by atoms with Gasteiger partial charge in [-0.15, -0.1) is 0 Å². The predicted octanol–water partition coefficient (Wildman–Crippen LogP) is 3.86. The summed E-state index contributed by atoms with van der Waals surface area (Å²) in [5.74, 6) is 0.511. The number of rotatable bonds is 8. The average molecular weight is 410 g/mol. The van der Waals surface area contributed by atoms with Gasteiger partial charge in [-0.25, -0.2) is 9.59 Å². The van der Waals surface area contributed by atoms with Crippen LogP contribution in [0.5, 0.6) is 11.5 Å². The Morgan fingerprint density at radius 2 is 1.87 bits per heavy atom. The molecule has 158 valence electrons. The van der Waals surface area contributed by atoms with Crippen molar-refractivity contribution in [1.82, 2.24) is 10.6 Å². The second-order valence-electron chi connectivity index (χ2n) is 6.86. The highest BCUT2D eigenvalue weighted by Crippen LogP contribution is 2.39. The number of carbonyl (C=O) groups excluding carboxylic acids is 2. The summed E-state index contributed by atoms with van der Waals surface area (Å²) in [7, 11) is 1.55. The molecule has 1 heterocycles. The Morgan fingerprint density at radius 3 is 2.57 bits per heavy atom. The van der Waals surface area contributed by atoms with E-state index in [1.807, 2.05) is 43.3 Å². The highest BCUT2D eigenvalue weighted by molar-refractivity contribution is 5.95. The SMILES string of the molecule is CCCOc1c(OC)cccc1C1NC(=O)NC(C)=C1C(=O)OCc1ccccc1. The third-order valence-electron chi connectivity index (χ3n) is 4.69. The van der Waals surface area contributed by atoms with Crippen LogP contribution in [-0.2, 0) is 16.1 Å². The molecule has 1 aliphatic heterocycles. The zero-order valence-electron chi connectivity index (χ0n) is 17.4. The van der Waals surface area contributed by atoms with Gasteiger partial charge in [-0.2, -0.15) is 0 Å². The smallest absolute Gasteiger partial charge is 0.338 e. The second kappa shape index (κ2) is 9.82. The molecule has 1 aliphatic rings. The zero-order valence-corrected chi connectivity index (χ0v) is 17.4. The van der Waals surface area contributed by atoms with Crippen LogP contribution in [0.3, 0.4) is 0 Å². The number of hydrogen-bond donors (Lipinski definition) is 2. The number of para-hydroxylation sites is 1. The van der Waals surface area contributed by atoms with Crippen LogP contribution in [0.4, 0.5) is 4.79 Å². The molecule has 0 saturated heterocycles. The molecule has 3 rings (SSSR count). The van der Waals surface area contributed by atoms with Gasteiger partial charge < -0.3 is 24.8 Å². The van der Waals surface area contributed by atoms with E-state index in [1.165, 1.54) is 0 Å². The molecule has 0 bridgehead atoms. The van der Waals surface area contributed by atoms with E-state index in [2.05, 4.69) is 10.6 Å². The van der Waals surface area contributed by atoms with Gasteiger partial charge in [0.05, 0.1) is 25.3 Å². The van der Waals surface area contributed by atoms with E-state index < -0.39 is 18.0 Å². The fourth-order valence-corrected chi connectivity index (χ4v) is 3.28. The van der Waals surface area contributed by atoms with Crippen molar-refractivity contribution in [3.8, 4) is 11.5 Å². The highest BCUT2D eigenvalue weighted by Gasteiger charge is 2.34. The Morgan fingerprint density at radius 1 is 1.10 bits per heavy atom. The van der Waals surface area contributed by atoms with E-state index in [1.54, 1.807) is 26.2 Å². The molecule has 0 aliphatic carbocycles. The molecule has 0 fully saturated rings. The molecule has 0 radical (unpaired) electrons. The van der Waals surface area contributed by atoms with E-state index in [4.69, 9.17) is 14.2 Å². The van der Waals surface area contributed by atoms with E-state index in [9.17, 15) is 9.59 Å². The van der Waals surface area contributed by atoms with Crippen molar-refractivity contribution in [3.05, 3.63) is 70.9 Å². The summed E-state index contributed by atoms with van der Waals surface area (Å²) >= 11 is 0. The van der Waals surface area contributed by atoms with Crippen molar-refractivity contribution >= 4 is 12.0 Å². The molecular weight excluding hydrogens is 384 g/mol. The number of nitrogens with one attached hydrogen (secondary N) is 2. The van der Waals surface area contributed by atoms with Crippen molar-refractivity contribution < 1.29 is 23.8 Å². The quantitative estimate of drug-likeness (QED) is 0.646. The summed E-state index contributed by atoms with van der Waals surface area (Å²) in [6.45, 7) is 4.28. The number of amides is 2. The molecule has 0 aromatic heterocycles. The monoisotopic (exact) mass is 410 g/mol. The van der Waals surface area contributed by atoms with Crippen molar-refractivity contribution in [2.24, 2.45) is 0 Å². The summed E-state index contributed by atoms with van der Waals surface area (Å²) in [5.41, 5.74) is 2.26. The first kappa shape index (κ1) is 21.2. The standard InChI is InChI=1S/C23H26N2O5/c1-4-13-29-21-17(11-8-12-18(21)28-3)20-19(15(2)24-23(27)25-20)22(26)30-14-16-9-6-5-7-10-16/h5-12,20H,4,13-14H2,1-3H3,(H2,24,25,27). The average Bonchev–Trinajstić information content (AvgIpc) is 2.76. The molecule has 2 aromatic rings. The molecule has 1 atom stereocenters. The number of hydrogen-bond acceptors (Lipinski definition) is 5. The van der Waals surface area contributed by atoms with Gasteiger partial charge in [0.25, 0.3) is 0 Å². The number of methoxy groups -OCH3 is 1. The lowest BCUT2D eigenvalue weighted by Crippen LogP contribution is -2.45. The number of urea groups is 1. The van der Waals surface area contributed by atoms with Crippen LogP contribution in [0.2, 0.25) is 0 Å². The van der Waals surface area contributed by atoms with Gasteiger partial charge in [-0.05, 0) is 25.0 Å². The normalized spacial score (nSPS) is 15.8. The highest BCUT2D eigenvalue weighted by atomic mass is 16.5. The van der Waals surface area contributed by atoms with Crippen LogP contribution in [0.25, 0.3) is 0 Å². The molecule has 30 heavy (non-hydrogen) atoms.